The second-order valence-corrected chi connectivity index (χ2v) is 6.74. The molecule has 0 aromatic rings. The van der Waals surface area contributed by atoms with Gasteiger partial charge < -0.3 is 0 Å². The highest BCUT2D eigenvalue weighted by Crippen LogP contribution is 2.84. The standard InChI is InChI=1S/C14H17ClO/c1-7(2)9-12(4)6-8(3)10-13(5,11(12)16)14(9,10)15/h6,10H,1-5H3. The summed E-state index contributed by atoms with van der Waals surface area (Å²) in [7, 11) is 0. The fourth-order valence-corrected chi connectivity index (χ4v) is 5.55. The molecule has 0 amide bonds. The molecule has 86 valence electrons. The number of halogens is 1. The molecule has 2 fully saturated rings. The van der Waals surface area contributed by atoms with E-state index in [4.69, 9.17) is 11.6 Å². The van der Waals surface area contributed by atoms with Crippen LogP contribution in [0.5, 0.6) is 0 Å². The van der Waals surface area contributed by atoms with Gasteiger partial charge in [0.2, 0.25) is 0 Å². The Morgan fingerprint density at radius 2 is 1.94 bits per heavy atom. The number of rotatable bonds is 0. The van der Waals surface area contributed by atoms with Gasteiger partial charge in [-0.05, 0) is 40.2 Å². The zero-order chi connectivity index (χ0) is 12.1. The van der Waals surface area contributed by atoms with E-state index >= 15 is 0 Å². The summed E-state index contributed by atoms with van der Waals surface area (Å²) in [6, 6.07) is 0. The van der Waals surface area contributed by atoms with Crippen LogP contribution in [0.3, 0.4) is 0 Å². The summed E-state index contributed by atoms with van der Waals surface area (Å²) < 4.78 is 0. The van der Waals surface area contributed by atoms with Crippen molar-refractivity contribution in [2.45, 2.75) is 39.5 Å². The first-order chi connectivity index (χ1) is 7.22. The molecule has 0 aliphatic heterocycles. The van der Waals surface area contributed by atoms with E-state index in [2.05, 4.69) is 26.8 Å². The fraction of sp³-hybridized carbons (Fsp3) is 0.643. The van der Waals surface area contributed by atoms with Gasteiger partial charge in [0.1, 0.15) is 0 Å². The average molecular weight is 237 g/mol. The van der Waals surface area contributed by atoms with Crippen molar-refractivity contribution in [3.63, 3.8) is 0 Å². The zero-order valence-electron chi connectivity index (χ0n) is 10.4. The third-order valence-corrected chi connectivity index (χ3v) is 5.75. The Hall–Kier alpha value is -0.560. The molecule has 0 saturated heterocycles. The smallest absolute Gasteiger partial charge is 0.155 e. The molecule has 0 spiro atoms. The molecule has 0 heterocycles. The highest BCUT2D eigenvalue weighted by Gasteiger charge is 2.88. The summed E-state index contributed by atoms with van der Waals surface area (Å²) in [6.07, 6.45) is 2.14. The molecule has 0 radical (unpaired) electrons. The fourth-order valence-electron chi connectivity index (χ4n) is 4.63. The SMILES string of the molecule is CC1=CC2(C)C(=O)C3(C)C1C3(Cl)C2=C(C)C. The average Bonchev–Trinajstić information content (AvgIpc) is 2.58. The lowest BCUT2D eigenvalue weighted by Crippen LogP contribution is -2.35. The van der Waals surface area contributed by atoms with Gasteiger partial charge in [0, 0.05) is 5.92 Å². The van der Waals surface area contributed by atoms with Crippen LogP contribution in [-0.4, -0.2) is 10.7 Å². The second-order valence-electron chi connectivity index (χ2n) is 6.14. The second kappa shape index (κ2) is 2.33. The molecular weight excluding hydrogens is 220 g/mol. The van der Waals surface area contributed by atoms with Crippen molar-refractivity contribution in [3.8, 4) is 0 Å². The minimum absolute atomic E-state index is 0.237. The first-order valence-electron chi connectivity index (χ1n) is 5.84. The number of carbonyl (C=O) groups excluding carboxylic acids is 1. The van der Waals surface area contributed by atoms with Crippen molar-refractivity contribution in [1.82, 2.24) is 0 Å². The number of hydrogen-bond acceptors (Lipinski definition) is 1. The predicted molar refractivity (Wildman–Crippen MR) is 65.4 cm³/mol. The predicted octanol–water partition coefficient (Wildman–Crippen LogP) is 3.49. The molecule has 2 saturated carbocycles. The maximum atomic E-state index is 12.6. The van der Waals surface area contributed by atoms with Gasteiger partial charge in [-0.3, -0.25) is 4.79 Å². The molecule has 4 rings (SSSR count). The van der Waals surface area contributed by atoms with Gasteiger partial charge in [0.15, 0.2) is 5.78 Å². The van der Waals surface area contributed by atoms with Crippen LogP contribution in [-0.2, 0) is 4.79 Å². The third-order valence-electron chi connectivity index (χ3n) is 4.95. The van der Waals surface area contributed by atoms with Gasteiger partial charge in [-0.1, -0.05) is 17.2 Å². The van der Waals surface area contributed by atoms with Crippen LogP contribution in [0.25, 0.3) is 0 Å². The highest BCUT2D eigenvalue weighted by atomic mass is 35.5. The summed E-state index contributed by atoms with van der Waals surface area (Å²) in [5.41, 5.74) is 2.90. The highest BCUT2D eigenvalue weighted by molar-refractivity contribution is 6.36. The topological polar surface area (TPSA) is 17.1 Å². The molecule has 16 heavy (non-hydrogen) atoms. The van der Waals surface area contributed by atoms with Crippen molar-refractivity contribution in [1.29, 1.82) is 0 Å². The molecular formula is C14H17ClO. The number of allylic oxidation sites excluding steroid dienone is 4. The van der Waals surface area contributed by atoms with Crippen LogP contribution in [0, 0.1) is 16.7 Å². The Bertz CT molecular complexity index is 497. The summed E-state index contributed by atoms with van der Waals surface area (Å²) in [4.78, 5) is 12.1. The maximum absolute atomic E-state index is 12.6. The molecule has 2 heteroatoms. The molecule has 4 atom stereocenters. The number of ketones is 1. The molecule has 1 nitrogen and oxygen atoms in total. The van der Waals surface area contributed by atoms with Crippen molar-refractivity contribution in [2.24, 2.45) is 16.7 Å². The molecule has 0 N–H and O–H groups in total. The Kier molecular flexibility index (Phi) is 1.54. The van der Waals surface area contributed by atoms with E-state index in [9.17, 15) is 4.79 Å². The third kappa shape index (κ3) is 0.677. The van der Waals surface area contributed by atoms with E-state index in [-0.39, 0.29) is 11.3 Å². The van der Waals surface area contributed by atoms with E-state index in [1.165, 1.54) is 16.7 Å². The quantitative estimate of drug-likeness (QED) is 0.465. The zero-order valence-corrected chi connectivity index (χ0v) is 11.2. The van der Waals surface area contributed by atoms with E-state index in [1.807, 2.05) is 13.8 Å². The minimum atomic E-state index is -0.436. The lowest BCUT2D eigenvalue weighted by Gasteiger charge is -2.35. The van der Waals surface area contributed by atoms with Crippen molar-refractivity contribution >= 4 is 17.4 Å². The number of carbonyl (C=O) groups is 1. The molecule has 0 aromatic carbocycles. The number of alkyl halides is 1. The van der Waals surface area contributed by atoms with E-state index < -0.39 is 10.3 Å². The molecule has 4 unspecified atom stereocenters. The van der Waals surface area contributed by atoms with Gasteiger partial charge in [-0.15, -0.1) is 11.6 Å². The van der Waals surface area contributed by atoms with Gasteiger partial charge >= 0.3 is 0 Å². The van der Waals surface area contributed by atoms with Crippen LogP contribution >= 0.6 is 11.6 Å². The summed E-state index contributed by atoms with van der Waals surface area (Å²) >= 11 is 6.80. The Morgan fingerprint density at radius 3 is 2.38 bits per heavy atom. The van der Waals surface area contributed by atoms with Crippen LogP contribution in [0.15, 0.2) is 22.8 Å². The van der Waals surface area contributed by atoms with E-state index in [0.29, 0.717) is 5.78 Å². The lowest BCUT2D eigenvalue weighted by molar-refractivity contribution is -0.128. The van der Waals surface area contributed by atoms with Crippen molar-refractivity contribution < 1.29 is 4.79 Å². The van der Waals surface area contributed by atoms with Gasteiger partial charge in [-0.2, -0.15) is 0 Å². The summed E-state index contributed by atoms with van der Waals surface area (Å²) in [5, 5.41) is 0. The van der Waals surface area contributed by atoms with Crippen LogP contribution < -0.4 is 0 Å². The first-order valence-corrected chi connectivity index (χ1v) is 6.21. The summed E-state index contributed by atoms with van der Waals surface area (Å²) in [5.74, 6) is 0.558. The lowest BCUT2D eigenvalue weighted by atomic mass is 9.68. The van der Waals surface area contributed by atoms with E-state index in [1.54, 1.807) is 0 Å². The van der Waals surface area contributed by atoms with Gasteiger partial charge in [0.25, 0.3) is 0 Å². The van der Waals surface area contributed by atoms with E-state index in [0.717, 1.165) is 0 Å². The molecule has 4 aliphatic rings. The normalized spacial score (nSPS) is 52.9. The van der Waals surface area contributed by atoms with Crippen LogP contribution in [0.2, 0.25) is 0 Å². The first kappa shape index (κ1) is 10.6. The van der Waals surface area contributed by atoms with Crippen LogP contribution in [0.4, 0.5) is 0 Å². The maximum Gasteiger partial charge on any atom is 0.155 e. The molecule has 0 aromatic heterocycles. The van der Waals surface area contributed by atoms with Gasteiger partial charge in [-0.25, -0.2) is 0 Å². The van der Waals surface area contributed by atoms with Gasteiger partial charge in [0.05, 0.1) is 15.7 Å². The molecule has 4 aliphatic carbocycles. The Balaban J connectivity index is 2.41. The van der Waals surface area contributed by atoms with Crippen LogP contribution in [0.1, 0.15) is 34.6 Å². The minimum Gasteiger partial charge on any atom is -0.298 e. The Morgan fingerprint density at radius 1 is 1.38 bits per heavy atom. The molecule has 4 bridgehead atoms. The summed E-state index contributed by atoms with van der Waals surface area (Å²) in [6.45, 7) is 10.3. The van der Waals surface area contributed by atoms with Crippen molar-refractivity contribution in [3.05, 3.63) is 22.8 Å². The number of Topliss-reactive ketones (excluding diaryl/α,β-unsaturated/α-hetero) is 1. The van der Waals surface area contributed by atoms with Crippen molar-refractivity contribution in [2.75, 3.05) is 0 Å². The largest absolute Gasteiger partial charge is 0.298 e. The monoisotopic (exact) mass is 236 g/mol. The number of hydrogen-bond donors (Lipinski definition) is 0. The Labute approximate surface area is 102 Å².